The Bertz CT molecular complexity index is 1890. The Morgan fingerprint density at radius 3 is 2.35 bits per heavy atom. The van der Waals surface area contributed by atoms with Crippen molar-refractivity contribution < 1.29 is 14.3 Å². The minimum atomic E-state index is -0.323. The summed E-state index contributed by atoms with van der Waals surface area (Å²) in [5, 5.41) is 4.08. The molecular weight excluding hydrogens is 617 g/mol. The number of esters is 1. The van der Waals surface area contributed by atoms with Crippen LogP contribution in [-0.2, 0) is 46.9 Å². The van der Waals surface area contributed by atoms with E-state index in [1.54, 1.807) is 0 Å². The van der Waals surface area contributed by atoms with E-state index in [0.29, 0.717) is 31.1 Å². The molecular formula is C40H46N4O3S. The van der Waals surface area contributed by atoms with Crippen molar-refractivity contribution in [3.05, 3.63) is 101 Å². The molecule has 1 saturated carbocycles. The zero-order valence-corrected chi connectivity index (χ0v) is 29.4. The minimum absolute atomic E-state index is 0.0463. The number of aryl methyl sites for hydroxylation is 1. The van der Waals surface area contributed by atoms with Crippen LogP contribution in [0.4, 0.5) is 0 Å². The molecule has 7 nitrogen and oxygen atoms in total. The van der Waals surface area contributed by atoms with E-state index >= 15 is 0 Å². The van der Waals surface area contributed by atoms with Crippen molar-refractivity contribution in [2.75, 3.05) is 0 Å². The number of fused-ring (bicyclic) bond motifs is 3. The molecule has 2 heterocycles. The van der Waals surface area contributed by atoms with E-state index in [1.807, 2.05) is 42.1 Å². The number of unbranched alkanes of at least 4 members (excludes halogenated alkanes) is 1. The Morgan fingerprint density at radius 2 is 1.65 bits per heavy atom. The number of nitrogens with zero attached hydrogens (tertiary/aromatic N) is 3. The Balaban J connectivity index is 1.22. The molecule has 48 heavy (non-hydrogen) atoms. The van der Waals surface area contributed by atoms with Crippen LogP contribution in [0.1, 0.15) is 88.0 Å². The van der Waals surface area contributed by atoms with Gasteiger partial charge in [0.25, 0.3) is 0 Å². The van der Waals surface area contributed by atoms with Gasteiger partial charge in [0.1, 0.15) is 17.9 Å². The van der Waals surface area contributed by atoms with Crippen LogP contribution in [0.2, 0.25) is 0 Å². The van der Waals surface area contributed by atoms with Gasteiger partial charge >= 0.3 is 5.97 Å². The summed E-state index contributed by atoms with van der Waals surface area (Å²) >= 11 is 1.81. The number of carbonyl (C=O) groups excluding carboxylic acids is 2. The number of nitrogens with one attached hydrogen (secondary N) is 1. The summed E-state index contributed by atoms with van der Waals surface area (Å²) in [6.07, 6.45) is 5.93. The number of benzene rings is 3. The van der Waals surface area contributed by atoms with Crippen LogP contribution < -0.4 is 5.32 Å². The van der Waals surface area contributed by atoms with Crippen LogP contribution in [0.15, 0.2) is 77.7 Å². The largest absolute Gasteiger partial charge is 0.461 e. The van der Waals surface area contributed by atoms with Gasteiger partial charge in [0.05, 0.1) is 23.1 Å². The molecule has 6 rings (SSSR count). The lowest BCUT2D eigenvalue weighted by Crippen LogP contribution is -2.22. The summed E-state index contributed by atoms with van der Waals surface area (Å²) in [6.45, 7) is 10.2. The third-order valence-electron chi connectivity index (χ3n) is 8.57. The maximum atomic E-state index is 13.2. The average molecular weight is 663 g/mol. The van der Waals surface area contributed by atoms with Crippen molar-refractivity contribution in [2.24, 2.45) is 5.92 Å². The van der Waals surface area contributed by atoms with Crippen LogP contribution >= 0.6 is 11.8 Å². The molecule has 3 aromatic carbocycles. The molecule has 5 aromatic rings. The summed E-state index contributed by atoms with van der Waals surface area (Å²) < 4.78 is 8.19. The number of hydrogen-bond acceptors (Lipinski definition) is 6. The van der Waals surface area contributed by atoms with Crippen molar-refractivity contribution in [3.8, 4) is 0 Å². The molecule has 0 saturated heterocycles. The van der Waals surface area contributed by atoms with Crippen LogP contribution in [0.25, 0.3) is 21.9 Å². The van der Waals surface area contributed by atoms with Gasteiger partial charge in [-0.1, -0.05) is 88.7 Å². The van der Waals surface area contributed by atoms with Crippen molar-refractivity contribution >= 4 is 45.6 Å². The molecule has 0 bridgehead atoms. The van der Waals surface area contributed by atoms with E-state index in [1.165, 1.54) is 17.7 Å². The molecule has 8 heteroatoms. The third-order valence-corrected chi connectivity index (χ3v) is 9.69. The van der Waals surface area contributed by atoms with E-state index in [2.05, 4.69) is 80.0 Å². The fourth-order valence-electron chi connectivity index (χ4n) is 5.92. The number of rotatable bonds is 14. The monoisotopic (exact) mass is 662 g/mol. The first-order chi connectivity index (χ1) is 23.1. The molecule has 1 aliphatic carbocycles. The number of imidazole rings is 1. The molecule has 0 atom stereocenters. The number of hydrogen-bond donors (Lipinski definition) is 1. The predicted octanol–water partition coefficient (Wildman–Crippen LogP) is 8.57. The maximum Gasteiger partial charge on any atom is 0.312 e. The van der Waals surface area contributed by atoms with E-state index in [9.17, 15) is 9.59 Å². The molecule has 1 aliphatic rings. The summed E-state index contributed by atoms with van der Waals surface area (Å²) in [7, 11) is 0. The molecule has 1 fully saturated rings. The Labute approximate surface area is 287 Å². The van der Waals surface area contributed by atoms with Crippen LogP contribution in [0.3, 0.4) is 0 Å². The van der Waals surface area contributed by atoms with Crippen LogP contribution in [0.5, 0.6) is 0 Å². The molecule has 0 radical (unpaired) electrons. The highest BCUT2D eigenvalue weighted by Gasteiger charge is 2.24. The topological polar surface area (TPSA) is 86.1 Å². The minimum Gasteiger partial charge on any atom is -0.461 e. The van der Waals surface area contributed by atoms with Crippen molar-refractivity contribution in [1.29, 1.82) is 0 Å². The fraction of sp³-hybridized carbons (Fsp3) is 0.400. The molecule has 0 aliphatic heterocycles. The van der Waals surface area contributed by atoms with Gasteiger partial charge in [0, 0.05) is 41.0 Å². The van der Waals surface area contributed by atoms with Crippen LogP contribution in [0, 0.1) is 5.92 Å². The van der Waals surface area contributed by atoms with Gasteiger partial charge in [-0.25, -0.2) is 9.97 Å². The van der Waals surface area contributed by atoms with Gasteiger partial charge in [0.2, 0.25) is 5.91 Å². The summed E-state index contributed by atoms with van der Waals surface area (Å²) in [4.78, 5) is 36.7. The zero-order chi connectivity index (χ0) is 33.7. The van der Waals surface area contributed by atoms with Gasteiger partial charge in [-0.05, 0) is 60.1 Å². The molecule has 0 unspecified atom stereocenters. The van der Waals surface area contributed by atoms with E-state index in [-0.39, 0.29) is 29.7 Å². The number of para-hydroxylation sites is 1. The molecule has 1 N–H and O–H groups in total. The Hall–Kier alpha value is -4.17. The van der Waals surface area contributed by atoms with Gasteiger partial charge in [0.15, 0.2) is 0 Å². The van der Waals surface area contributed by atoms with Crippen molar-refractivity contribution in [1.82, 2.24) is 19.9 Å². The van der Waals surface area contributed by atoms with Crippen molar-refractivity contribution in [3.63, 3.8) is 0 Å². The lowest BCUT2D eigenvalue weighted by molar-refractivity contribution is -0.144. The predicted molar refractivity (Wildman–Crippen MR) is 194 cm³/mol. The second kappa shape index (κ2) is 14.9. The fourth-order valence-corrected chi connectivity index (χ4v) is 6.90. The standard InChI is InChI=1S/C40H46N4O3S/c1-5-6-11-35-43-38-34(23-37(46)47-26-30-18-20-31(21-19-30)48-40(2,3)4)42-33-10-8-7-9-32(33)39(38)44(35)25-29-16-14-28(15-17-29)24-41-36(45)22-27-12-13-27/h7-10,14-21,27H,5-6,11-13,22-26H2,1-4H3,(H,41,45). The van der Waals surface area contributed by atoms with E-state index < -0.39 is 0 Å². The number of pyridine rings is 1. The highest BCUT2D eigenvalue weighted by Crippen LogP contribution is 2.33. The SMILES string of the molecule is CCCCc1nc2c(CC(=O)OCc3ccc(SC(C)(C)C)cc3)nc3ccccc3c2n1Cc1ccc(CNC(=O)CC2CC2)cc1. The smallest absolute Gasteiger partial charge is 0.312 e. The van der Waals surface area contributed by atoms with E-state index in [4.69, 9.17) is 14.7 Å². The van der Waals surface area contributed by atoms with Gasteiger partial charge < -0.3 is 14.6 Å². The molecule has 2 aromatic heterocycles. The number of thioether (sulfide) groups is 1. The Morgan fingerprint density at radius 1 is 0.938 bits per heavy atom. The third kappa shape index (κ3) is 8.84. The average Bonchev–Trinajstić information content (AvgIpc) is 3.81. The first-order valence-corrected chi connectivity index (χ1v) is 18.0. The quantitative estimate of drug-likeness (QED) is 0.0947. The van der Waals surface area contributed by atoms with Gasteiger partial charge in [-0.3, -0.25) is 9.59 Å². The zero-order valence-electron chi connectivity index (χ0n) is 28.6. The second-order valence-electron chi connectivity index (χ2n) is 13.9. The first kappa shape index (κ1) is 33.7. The number of ether oxygens (including phenoxy) is 1. The normalized spacial score (nSPS) is 13.2. The highest BCUT2D eigenvalue weighted by molar-refractivity contribution is 8.00. The number of carbonyl (C=O) groups is 2. The molecule has 250 valence electrons. The summed E-state index contributed by atoms with van der Waals surface area (Å²) in [5.74, 6) is 1.38. The lowest BCUT2D eigenvalue weighted by Gasteiger charge is -2.17. The number of aromatic nitrogens is 3. The van der Waals surface area contributed by atoms with Gasteiger partial charge in [-0.2, -0.15) is 0 Å². The number of amides is 1. The lowest BCUT2D eigenvalue weighted by atomic mass is 10.1. The van der Waals surface area contributed by atoms with E-state index in [0.717, 1.165) is 63.7 Å². The molecule has 1 amide bonds. The molecule has 0 spiro atoms. The second-order valence-corrected chi connectivity index (χ2v) is 15.8. The maximum absolute atomic E-state index is 13.2. The highest BCUT2D eigenvalue weighted by atomic mass is 32.2. The van der Waals surface area contributed by atoms with Crippen molar-refractivity contribution in [2.45, 2.75) is 102 Å². The summed E-state index contributed by atoms with van der Waals surface area (Å²) in [5.41, 5.74) is 6.41. The first-order valence-electron chi connectivity index (χ1n) is 17.2. The summed E-state index contributed by atoms with van der Waals surface area (Å²) in [6, 6.07) is 24.7. The van der Waals surface area contributed by atoms with Gasteiger partial charge in [-0.15, -0.1) is 11.8 Å². The van der Waals surface area contributed by atoms with Crippen LogP contribution in [-0.4, -0.2) is 31.2 Å². The Kier molecular flexibility index (Phi) is 10.5.